The number of ether oxygens (including phenoxy) is 2. The molecule has 0 aliphatic carbocycles. The van der Waals surface area contributed by atoms with E-state index in [9.17, 15) is 4.79 Å². The number of hydrogen-bond donors (Lipinski definition) is 0. The van der Waals surface area contributed by atoms with Crippen LogP contribution in [0.3, 0.4) is 0 Å². The van der Waals surface area contributed by atoms with E-state index in [4.69, 9.17) is 9.47 Å². The SMILES string of the molecule is C=C(C)Cc1nc(C(=O)OC)cnc1C(/C=C\OC)=C(\C)C(C)(C)C. The topological polar surface area (TPSA) is 61.3 Å². The summed E-state index contributed by atoms with van der Waals surface area (Å²) in [6, 6.07) is 0. The van der Waals surface area contributed by atoms with Crippen LogP contribution in [0, 0.1) is 5.41 Å². The summed E-state index contributed by atoms with van der Waals surface area (Å²) in [6.45, 7) is 14.4. The van der Waals surface area contributed by atoms with Crippen LogP contribution in [0.25, 0.3) is 5.57 Å². The zero-order valence-electron chi connectivity index (χ0n) is 16.3. The van der Waals surface area contributed by atoms with E-state index in [-0.39, 0.29) is 11.1 Å². The molecule has 136 valence electrons. The summed E-state index contributed by atoms with van der Waals surface area (Å²) in [5.74, 6) is -0.507. The van der Waals surface area contributed by atoms with Crippen molar-refractivity contribution in [3.63, 3.8) is 0 Å². The van der Waals surface area contributed by atoms with E-state index in [0.717, 1.165) is 22.4 Å². The third-order valence-electron chi connectivity index (χ3n) is 3.86. The van der Waals surface area contributed by atoms with E-state index in [2.05, 4.69) is 44.2 Å². The van der Waals surface area contributed by atoms with Crippen molar-refractivity contribution in [1.82, 2.24) is 9.97 Å². The number of rotatable bonds is 6. The van der Waals surface area contributed by atoms with Gasteiger partial charge in [-0.3, -0.25) is 4.98 Å². The molecule has 0 unspecified atom stereocenters. The molecule has 1 aromatic rings. The molecule has 0 amide bonds. The van der Waals surface area contributed by atoms with Crippen LogP contribution < -0.4 is 0 Å². The summed E-state index contributed by atoms with van der Waals surface area (Å²) in [5.41, 5.74) is 4.54. The zero-order chi connectivity index (χ0) is 19.2. The lowest BCUT2D eigenvalue weighted by atomic mass is 9.83. The number of carbonyl (C=O) groups excluding carboxylic acids is 1. The van der Waals surface area contributed by atoms with Gasteiger partial charge in [0.15, 0.2) is 5.69 Å². The van der Waals surface area contributed by atoms with Crippen molar-refractivity contribution < 1.29 is 14.3 Å². The van der Waals surface area contributed by atoms with Gasteiger partial charge in [-0.1, -0.05) is 38.5 Å². The Labute approximate surface area is 150 Å². The second-order valence-electron chi connectivity index (χ2n) is 7.00. The molecule has 0 saturated carbocycles. The van der Waals surface area contributed by atoms with Gasteiger partial charge in [-0.25, -0.2) is 9.78 Å². The summed E-state index contributed by atoms with van der Waals surface area (Å²) in [4.78, 5) is 20.8. The highest BCUT2D eigenvalue weighted by atomic mass is 16.5. The molecule has 1 heterocycles. The van der Waals surface area contributed by atoms with Crippen LogP contribution in [-0.2, 0) is 15.9 Å². The Bertz CT molecular complexity index is 710. The Morgan fingerprint density at radius 3 is 2.40 bits per heavy atom. The highest BCUT2D eigenvalue weighted by Crippen LogP contribution is 2.33. The molecule has 0 aromatic carbocycles. The smallest absolute Gasteiger partial charge is 0.358 e. The first-order valence-corrected chi connectivity index (χ1v) is 8.11. The maximum atomic E-state index is 11.8. The Morgan fingerprint density at radius 2 is 1.92 bits per heavy atom. The van der Waals surface area contributed by atoms with Gasteiger partial charge in [-0.05, 0) is 25.3 Å². The van der Waals surface area contributed by atoms with E-state index in [1.54, 1.807) is 13.4 Å². The summed E-state index contributed by atoms with van der Waals surface area (Å²) in [6.07, 6.45) is 5.46. The Hall–Kier alpha value is -2.43. The van der Waals surface area contributed by atoms with E-state index >= 15 is 0 Å². The van der Waals surface area contributed by atoms with Crippen LogP contribution in [0.2, 0.25) is 0 Å². The van der Waals surface area contributed by atoms with Gasteiger partial charge in [0, 0.05) is 12.0 Å². The number of nitrogens with zero attached hydrogens (tertiary/aromatic N) is 2. The lowest BCUT2D eigenvalue weighted by Gasteiger charge is -2.23. The third-order valence-corrected chi connectivity index (χ3v) is 3.86. The quantitative estimate of drug-likeness (QED) is 0.332. The highest BCUT2D eigenvalue weighted by molar-refractivity contribution is 5.87. The summed E-state index contributed by atoms with van der Waals surface area (Å²) >= 11 is 0. The standard InChI is InChI=1S/C20H28N2O3/c1-13(2)11-16-18(21-12-17(22-16)19(23)25-8)15(9-10-24-7)14(3)20(4,5)6/h9-10,12H,1,11H2,2-8H3/b10-9-,15-14+. The molecule has 0 N–H and O–H groups in total. The van der Waals surface area contributed by atoms with Gasteiger partial charge in [0.2, 0.25) is 0 Å². The number of methoxy groups -OCH3 is 2. The van der Waals surface area contributed by atoms with Crippen molar-refractivity contribution in [3.8, 4) is 0 Å². The van der Waals surface area contributed by atoms with Crippen molar-refractivity contribution in [2.75, 3.05) is 14.2 Å². The molecule has 5 nitrogen and oxygen atoms in total. The monoisotopic (exact) mass is 344 g/mol. The van der Waals surface area contributed by atoms with Crippen molar-refractivity contribution in [3.05, 3.63) is 53.3 Å². The van der Waals surface area contributed by atoms with Gasteiger partial charge in [0.1, 0.15) is 0 Å². The molecule has 0 atom stereocenters. The molecule has 0 saturated heterocycles. The summed E-state index contributed by atoms with van der Waals surface area (Å²) < 4.78 is 9.86. The van der Waals surface area contributed by atoms with Gasteiger partial charge < -0.3 is 9.47 Å². The molecule has 0 radical (unpaired) electrons. The molecule has 0 fully saturated rings. The maximum Gasteiger partial charge on any atom is 0.358 e. The average molecular weight is 344 g/mol. The van der Waals surface area contributed by atoms with Crippen LogP contribution >= 0.6 is 0 Å². The lowest BCUT2D eigenvalue weighted by molar-refractivity contribution is 0.0593. The minimum absolute atomic E-state index is 0.0589. The van der Waals surface area contributed by atoms with Gasteiger partial charge in [-0.2, -0.15) is 0 Å². The largest absolute Gasteiger partial charge is 0.504 e. The van der Waals surface area contributed by atoms with Crippen molar-refractivity contribution in [2.24, 2.45) is 5.41 Å². The summed E-state index contributed by atoms with van der Waals surface area (Å²) in [5, 5.41) is 0. The van der Waals surface area contributed by atoms with Gasteiger partial charge in [-0.15, -0.1) is 0 Å². The highest BCUT2D eigenvalue weighted by Gasteiger charge is 2.21. The van der Waals surface area contributed by atoms with Crippen LogP contribution in [0.4, 0.5) is 0 Å². The Morgan fingerprint density at radius 1 is 1.28 bits per heavy atom. The minimum Gasteiger partial charge on any atom is -0.504 e. The fourth-order valence-electron chi connectivity index (χ4n) is 2.19. The molecule has 1 aromatic heterocycles. The molecular formula is C20H28N2O3. The van der Waals surface area contributed by atoms with Crippen LogP contribution in [0.15, 0.2) is 36.3 Å². The molecule has 0 spiro atoms. The first-order valence-electron chi connectivity index (χ1n) is 8.11. The van der Waals surface area contributed by atoms with Crippen molar-refractivity contribution in [1.29, 1.82) is 0 Å². The van der Waals surface area contributed by atoms with Crippen molar-refractivity contribution in [2.45, 2.75) is 41.0 Å². The number of carbonyl (C=O) groups is 1. The van der Waals surface area contributed by atoms with E-state index in [0.29, 0.717) is 12.1 Å². The number of esters is 1. The van der Waals surface area contributed by atoms with Gasteiger partial charge in [0.25, 0.3) is 0 Å². The normalized spacial score (nSPS) is 12.8. The molecule has 1 rings (SSSR count). The van der Waals surface area contributed by atoms with Crippen LogP contribution in [0.1, 0.15) is 56.5 Å². The predicted octanol–water partition coefficient (Wildman–Crippen LogP) is 4.36. The minimum atomic E-state index is -0.507. The molecule has 0 aliphatic heterocycles. The summed E-state index contributed by atoms with van der Waals surface area (Å²) in [7, 11) is 2.92. The number of allylic oxidation sites excluding steroid dienone is 4. The second-order valence-corrected chi connectivity index (χ2v) is 7.00. The molecule has 0 aliphatic rings. The third kappa shape index (κ3) is 5.55. The first-order chi connectivity index (χ1) is 11.6. The van der Waals surface area contributed by atoms with Gasteiger partial charge >= 0.3 is 5.97 Å². The van der Waals surface area contributed by atoms with Gasteiger partial charge in [0.05, 0.1) is 38.1 Å². The fraction of sp³-hybridized carbons (Fsp3) is 0.450. The predicted molar refractivity (Wildman–Crippen MR) is 100 cm³/mol. The Balaban J connectivity index is 3.65. The van der Waals surface area contributed by atoms with Crippen molar-refractivity contribution >= 4 is 11.5 Å². The molecule has 5 heteroatoms. The lowest BCUT2D eigenvalue weighted by Crippen LogP contribution is -2.13. The van der Waals surface area contributed by atoms with E-state index < -0.39 is 5.97 Å². The molecule has 0 bridgehead atoms. The molecular weight excluding hydrogens is 316 g/mol. The zero-order valence-corrected chi connectivity index (χ0v) is 16.3. The Kier molecular flexibility index (Phi) is 7.09. The average Bonchev–Trinajstić information content (AvgIpc) is 2.53. The van der Waals surface area contributed by atoms with Crippen LogP contribution in [0.5, 0.6) is 0 Å². The second kappa shape index (κ2) is 8.60. The fourth-order valence-corrected chi connectivity index (χ4v) is 2.19. The van der Waals surface area contributed by atoms with Crippen LogP contribution in [-0.4, -0.2) is 30.2 Å². The van der Waals surface area contributed by atoms with E-state index in [1.165, 1.54) is 13.3 Å². The number of hydrogen-bond acceptors (Lipinski definition) is 5. The first kappa shape index (κ1) is 20.6. The van der Waals surface area contributed by atoms with E-state index in [1.807, 2.05) is 13.0 Å². The number of aromatic nitrogens is 2. The molecule has 25 heavy (non-hydrogen) atoms. The maximum absolute atomic E-state index is 11.8.